The molecule has 1 saturated heterocycles. The molecule has 0 spiro atoms. The van der Waals surface area contributed by atoms with E-state index in [0.29, 0.717) is 25.6 Å². The number of carbonyl (C=O) groups is 1. The molecule has 2 heterocycles. The van der Waals surface area contributed by atoms with Crippen molar-refractivity contribution in [2.75, 3.05) is 20.2 Å². The zero-order chi connectivity index (χ0) is 19.6. The van der Waals surface area contributed by atoms with E-state index in [1.807, 2.05) is 49.6 Å². The van der Waals surface area contributed by atoms with Crippen molar-refractivity contribution in [3.8, 4) is 5.75 Å². The molecule has 1 fully saturated rings. The molecule has 0 atom stereocenters. The molecule has 146 valence electrons. The lowest BCUT2D eigenvalue weighted by Gasteiger charge is -2.33. The molecule has 0 N–H and O–H groups in total. The van der Waals surface area contributed by atoms with Gasteiger partial charge in [-0.25, -0.2) is 4.79 Å². The van der Waals surface area contributed by atoms with Gasteiger partial charge >= 0.3 is 6.09 Å². The van der Waals surface area contributed by atoms with Gasteiger partial charge in [0.2, 0.25) is 0 Å². The Morgan fingerprint density at radius 3 is 2.44 bits per heavy atom. The molecule has 1 aromatic heterocycles. The smallest absolute Gasteiger partial charge is 0.410 e. The van der Waals surface area contributed by atoms with Crippen molar-refractivity contribution in [2.45, 2.75) is 45.8 Å². The maximum absolute atomic E-state index is 12.5. The number of amides is 1. The molecule has 6 nitrogen and oxygen atoms in total. The molecule has 0 bridgehead atoms. The minimum atomic E-state index is -0.483. The van der Waals surface area contributed by atoms with Crippen molar-refractivity contribution < 1.29 is 14.3 Å². The molecule has 1 aromatic carbocycles. The quantitative estimate of drug-likeness (QED) is 0.825. The topological polar surface area (TPSA) is 60.8 Å². The largest absolute Gasteiger partial charge is 0.497 e. The second-order valence-electron chi connectivity index (χ2n) is 8.12. The van der Waals surface area contributed by atoms with Gasteiger partial charge in [-0.2, -0.15) is 0 Å². The number of carbonyl (C=O) groups excluding carboxylic acids is 1. The Hall–Kier alpha value is -2.50. The van der Waals surface area contributed by atoms with Crippen LogP contribution in [-0.2, 0) is 11.3 Å². The summed E-state index contributed by atoms with van der Waals surface area (Å²) in [4.78, 5) is 26.4. The number of methoxy groups -OCH3 is 1. The molecule has 1 aliphatic heterocycles. The average molecular weight is 372 g/mol. The summed E-state index contributed by atoms with van der Waals surface area (Å²) in [6, 6.07) is 9.24. The van der Waals surface area contributed by atoms with Crippen LogP contribution in [0.25, 0.3) is 10.9 Å². The maximum atomic E-state index is 12.5. The van der Waals surface area contributed by atoms with Gasteiger partial charge in [0.25, 0.3) is 5.56 Å². The van der Waals surface area contributed by atoms with Crippen molar-refractivity contribution in [2.24, 2.45) is 5.92 Å². The van der Waals surface area contributed by atoms with Crippen LogP contribution in [0.15, 0.2) is 35.1 Å². The lowest BCUT2D eigenvalue weighted by molar-refractivity contribution is 0.0178. The van der Waals surface area contributed by atoms with Gasteiger partial charge in [-0.15, -0.1) is 0 Å². The molecular formula is C21H28N2O4. The van der Waals surface area contributed by atoms with Gasteiger partial charge < -0.3 is 18.9 Å². The van der Waals surface area contributed by atoms with Crippen LogP contribution >= 0.6 is 0 Å². The van der Waals surface area contributed by atoms with Gasteiger partial charge in [0.05, 0.1) is 12.6 Å². The van der Waals surface area contributed by atoms with Crippen LogP contribution in [0.2, 0.25) is 0 Å². The highest BCUT2D eigenvalue weighted by molar-refractivity contribution is 5.80. The van der Waals surface area contributed by atoms with E-state index in [1.165, 1.54) is 0 Å². The molecule has 27 heavy (non-hydrogen) atoms. The highest BCUT2D eigenvalue weighted by atomic mass is 16.6. The lowest BCUT2D eigenvalue weighted by atomic mass is 9.96. The third-order valence-corrected chi connectivity index (χ3v) is 4.91. The van der Waals surface area contributed by atoms with Gasteiger partial charge in [0.15, 0.2) is 0 Å². The first-order valence-electron chi connectivity index (χ1n) is 9.42. The zero-order valence-electron chi connectivity index (χ0n) is 16.5. The number of fused-ring (bicyclic) bond motifs is 1. The van der Waals surface area contributed by atoms with E-state index in [0.717, 1.165) is 29.5 Å². The van der Waals surface area contributed by atoms with Gasteiger partial charge in [0.1, 0.15) is 11.4 Å². The van der Waals surface area contributed by atoms with E-state index in [1.54, 1.807) is 18.1 Å². The Balaban J connectivity index is 1.71. The molecule has 1 amide bonds. The summed E-state index contributed by atoms with van der Waals surface area (Å²) in [5.41, 5.74) is 0.394. The standard InChI is InChI=1S/C21H28N2O4/c1-21(2,3)27-20(25)22-11-9-15(10-12-22)14-23-18-13-17(26-4)7-5-16(18)6-8-19(23)24/h5-8,13,15H,9-12,14H2,1-4H3. The molecule has 0 radical (unpaired) electrons. The highest BCUT2D eigenvalue weighted by Crippen LogP contribution is 2.24. The van der Waals surface area contributed by atoms with E-state index in [-0.39, 0.29) is 11.7 Å². The van der Waals surface area contributed by atoms with Gasteiger partial charge in [-0.05, 0) is 63.1 Å². The van der Waals surface area contributed by atoms with E-state index >= 15 is 0 Å². The Bertz CT molecular complexity index is 874. The maximum Gasteiger partial charge on any atom is 0.410 e. The summed E-state index contributed by atoms with van der Waals surface area (Å²) in [6.07, 6.45) is 1.45. The normalized spacial score (nSPS) is 15.8. The molecule has 0 aliphatic carbocycles. The SMILES string of the molecule is COc1ccc2ccc(=O)n(CC3CCN(C(=O)OC(C)(C)C)CC3)c2c1. The van der Waals surface area contributed by atoms with Crippen LogP contribution in [-0.4, -0.2) is 41.4 Å². The van der Waals surface area contributed by atoms with Crippen molar-refractivity contribution in [3.63, 3.8) is 0 Å². The van der Waals surface area contributed by atoms with Gasteiger partial charge in [0, 0.05) is 31.8 Å². The Kier molecular flexibility index (Phi) is 5.44. The second kappa shape index (κ2) is 7.62. The van der Waals surface area contributed by atoms with Crippen LogP contribution < -0.4 is 10.3 Å². The first-order chi connectivity index (χ1) is 12.8. The van der Waals surface area contributed by atoms with E-state index < -0.39 is 5.60 Å². The number of pyridine rings is 1. The van der Waals surface area contributed by atoms with Crippen LogP contribution in [0, 0.1) is 5.92 Å². The molecule has 3 rings (SSSR count). The number of hydrogen-bond acceptors (Lipinski definition) is 4. The first kappa shape index (κ1) is 19.3. The fourth-order valence-electron chi connectivity index (χ4n) is 3.47. The van der Waals surface area contributed by atoms with E-state index in [2.05, 4.69) is 0 Å². The third-order valence-electron chi connectivity index (χ3n) is 4.91. The van der Waals surface area contributed by atoms with E-state index in [4.69, 9.17) is 9.47 Å². The molecular weight excluding hydrogens is 344 g/mol. The summed E-state index contributed by atoms with van der Waals surface area (Å²) < 4.78 is 12.6. The summed E-state index contributed by atoms with van der Waals surface area (Å²) in [5, 5.41) is 1.02. The summed E-state index contributed by atoms with van der Waals surface area (Å²) in [6.45, 7) is 7.58. The predicted molar refractivity (Wildman–Crippen MR) is 105 cm³/mol. The fourth-order valence-corrected chi connectivity index (χ4v) is 3.47. The van der Waals surface area contributed by atoms with Crippen LogP contribution in [0.3, 0.4) is 0 Å². The predicted octanol–water partition coefficient (Wildman–Crippen LogP) is 3.66. The van der Waals surface area contributed by atoms with Crippen molar-refractivity contribution in [1.82, 2.24) is 9.47 Å². The minimum absolute atomic E-state index is 0.00896. The summed E-state index contributed by atoms with van der Waals surface area (Å²) in [5.74, 6) is 1.08. The van der Waals surface area contributed by atoms with Crippen molar-refractivity contribution in [3.05, 3.63) is 40.7 Å². The number of aromatic nitrogens is 1. The number of nitrogens with zero attached hydrogens (tertiary/aromatic N) is 2. The Morgan fingerprint density at radius 2 is 1.81 bits per heavy atom. The summed E-state index contributed by atoms with van der Waals surface area (Å²) in [7, 11) is 1.62. The Labute approximate surface area is 159 Å². The number of ether oxygens (including phenoxy) is 2. The molecule has 2 aromatic rings. The fraction of sp³-hybridized carbons (Fsp3) is 0.524. The zero-order valence-corrected chi connectivity index (χ0v) is 16.5. The van der Waals surface area contributed by atoms with Gasteiger partial charge in [-0.1, -0.05) is 0 Å². The molecule has 0 saturated carbocycles. The average Bonchev–Trinajstić information content (AvgIpc) is 2.63. The molecule has 1 aliphatic rings. The third kappa shape index (κ3) is 4.62. The lowest BCUT2D eigenvalue weighted by Crippen LogP contribution is -2.42. The van der Waals surface area contributed by atoms with Gasteiger partial charge in [-0.3, -0.25) is 4.79 Å². The molecule has 0 unspecified atom stereocenters. The number of rotatable bonds is 3. The van der Waals surface area contributed by atoms with E-state index in [9.17, 15) is 9.59 Å². The first-order valence-corrected chi connectivity index (χ1v) is 9.42. The Morgan fingerprint density at radius 1 is 1.15 bits per heavy atom. The van der Waals surface area contributed by atoms with Crippen LogP contribution in [0.5, 0.6) is 5.75 Å². The summed E-state index contributed by atoms with van der Waals surface area (Å²) >= 11 is 0. The number of piperidine rings is 1. The van der Waals surface area contributed by atoms with Crippen LogP contribution in [0.4, 0.5) is 4.79 Å². The highest BCUT2D eigenvalue weighted by Gasteiger charge is 2.27. The molecule has 6 heteroatoms. The second-order valence-corrected chi connectivity index (χ2v) is 8.12. The number of hydrogen-bond donors (Lipinski definition) is 0. The number of likely N-dealkylation sites (tertiary alicyclic amines) is 1. The monoisotopic (exact) mass is 372 g/mol. The number of benzene rings is 1. The van der Waals surface area contributed by atoms with Crippen molar-refractivity contribution in [1.29, 1.82) is 0 Å². The van der Waals surface area contributed by atoms with Crippen molar-refractivity contribution >= 4 is 17.0 Å². The minimum Gasteiger partial charge on any atom is -0.497 e. The van der Waals surface area contributed by atoms with Crippen LogP contribution in [0.1, 0.15) is 33.6 Å².